The van der Waals surface area contributed by atoms with Crippen LogP contribution in [0.15, 0.2) is 29.3 Å². The monoisotopic (exact) mass is 167 g/mol. The van der Waals surface area contributed by atoms with Crippen molar-refractivity contribution in [1.29, 1.82) is 0 Å². The Morgan fingerprint density at radius 2 is 1.56 bits per heavy atom. The maximum Gasteiger partial charge on any atom is 0.181 e. The Labute approximate surface area is 65.1 Å². The van der Waals surface area contributed by atoms with Gasteiger partial charge in [0.1, 0.15) is 0 Å². The van der Waals surface area contributed by atoms with Crippen molar-refractivity contribution in [2.45, 2.75) is 0 Å². The highest BCUT2D eigenvalue weighted by atomic mass is 35.5. The Hall–Kier alpha value is -0.470. The fourth-order valence-corrected chi connectivity index (χ4v) is 0.372. The third-order valence-corrected chi connectivity index (χ3v) is 0.688. The van der Waals surface area contributed by atoms with Gasteiger partial charge in [-0.25, -0.2) is 0 Å². The molecule has 0 fully saturated rings. The van der Waals surface area contributed by atoms with Gasteiger partial charge in [0.05, 0.1) is 0 Å². The van der Waals surface area contributed by atoms with Gasteiger partial charge in [-0.3, -0.25) is 4.79 Å². The van der Waals surface area contributed by atoms with Gasteiger partial charge in [0, 0.05) is 24.5 Å². The van der Waals surface area contributed by atoms with Crippen molar-refractivity contribution in [2.24, 2.45) is 0 Å². The Kier molecular flexibility index (Phi) is 7.14. The first-order chi connectivity index (χ1) is 3.39. The summed E-state index contributed by atoms with van der Waals surface area (Å²) in [5, 5.41) is 0. The fraction of sp³-hybridized carbons (Fsp3) is 0. The lowest BCUT2D eigenvalue weighted by Gasteiger charge is -1.73. The first kappa shape index (κ1) is 11.3. The number of hydrogen-bond acceptors (Lipinski definition) is 1. The summed E-state index contributed by atoms with van der Waals surface area (Å²) in [7, 11) is 0. The number of halogens is 2. The van der Waals surface area contributed by atoms with Crippen LogP contribution in [0, 0.1) is 0 Å². The molecule has 0 aliphatic heterocycles. The molecule has 0 unspecified atom stereocenters. The zero-order valence-electron chi connectivity index (χ0n) is 4.53. The molecular formula is C5H7Cl2NO. The van der Waals surface area contributed by atoms with E-state index in [2.05, 4.69) is 4.98 Å². The van der Waals surface area contributed by atoms with E-state index in [1.165, 1.54) is 12.1 Å². The fourth-order valence-electron chi connectivity index (χ4n) is 0.372. The van der Waals surface area contributed by atoms with E-state index in [0.717, 1.165) is 0 Å². The van der Waals surface area contributed by atoms with Gasteiger partial charge in [0.2, 0.25) is 0 Å². The van der Waals surface area contributed by atoms with Gasteiger partial charge < -0.3 is 4.98 Å². The second-order valence-corrected chi connectivity index (χ2v) is 1.24. The van der Waals surface area contributed by atoms with Crippen LogP contribution in [-0.2, 0) is 0 Å². The van der Waals surface area contributed by atoms with Crippen LogP contribution in [0.5, 0.6) is 0 Å². The van der Waals surface area contributed by atoms with Crippen LogP contribution in [0.1, 0.15) is 0 Å². The Bertz CT molecular complexity index is 181. The van der Waals surface area contributed by atoms with E-state index in [9.17, 15) is 4.79 Å². The number of aromatic amines is 1. The lowest BCUT2D eigenvalue weighted by atomic mass is 10.5. The Morgan fingerprint density at radius 3 is 1.78 bits per heavy atom. The quantitative estimate of drug-likeness (QED) is 0.620. The molecule has 1 heterocycles. The molecule has 1 N–H and O–H groups in total. The minimum absolute atomic E-state index is 0. The Morgan fingerprint density at radius 1 is 1.11 bits per heavy atom. The first-order valence-corrected chi connectivity index (χ1v) is 2.03. The van der Waals surface area contributed by atoms with E-state index in [-0.39, 0.29) is 30.2 Å². The summed E-state index contributed by atoms with van der Waals surface area (Å²) in [6.45, 7) is 0. The average Bonchev–Trinajstić information content (AvgIpc) is 1.69. The molecule has 0 saturated carbocycles. The van der Waals surface area contributed by atoms with Crippen LogP contribution >= 0.6 is 24.8 Å². The highest BCUT2D eigenvalue weighted by molar-refractivity contribution is 5.85. The summed E-state index contributed by atoms with van der Waals surface area (Å²) in [5.74, 6) is 0. The van der Waals surface area contributed by atoms with Gasteiger partial charge in [0.15, 0.2) is 5.43 Å². The van der Waals surface area contributed by atoms with Crippen molar-refractivity contribution in [1.82, 2.24) is 4.98 Å². The van der Waals surface area contributed by atoms with Crippen molar-refractivity contribution >= 4 is 24.8 Å². The van der Waals surface area contributed by atoms with E-state index in [1.54, 1.807) is 12.4 Å². The van der Waals surface area contributed by atoms with E-state index >= 15 is 0 Å². The standard InChI is InChI=1S/C5H5NO.2ClH/c7-5-1-3-6-4-2-5;;/h1-4H,(H,6,7);2*1H. The molecule has 0 aliphatic rings. The van der Waals surface area contributed by atoms with Crippen molar-refractivity contribution in [3.05, 3.63) is 34.7 Å². The second-order valence-electron chi connectivity index (χ2n) is 1.24. The van der Waals surface area contributed by atoms with Crippen LogP contribution in [0.2, 0.25) is 0 Å². The SMILES string of the molecule is Cl.Cl.O=c1cc[nH]cc1. The number of nitrogens with one attached hydrogen (secondary N) is 1. The van der Waals surface area contributed by atoms with Crippen LogP contribution in [0.3, 0.4) is 0 Å². The van der Waals surface area contributed by atoms with Crippen LogP contribution in [-0.4, -0.2) is 4.98 Å². The van der Waals surface area contributed by atoms with Crippen molar-refractivity contribution in [2.75, 3.05) is 0 Å². The summed E-state index contributed by atoms with van der Waals surface area (Å²) in [5.41, 5.74) is 0.0405. The molecule has 1 aromatic heterocycles. The maximum atomic E-state index is 10.2. The summed E-state index contributed by atoms with van der Waals surface area (Å²) >= 11 is 0. The van der Waals surface area contributed by atoms with Crippen molar-refractivity contribution < 1.29 is 0 Å². The molecule has 52 valence electrons. The molecular weight excluding hydrogens is 161 g/mol. The summed E-state index contributed by atoms with van der Waals surface area (Å²) in [4.78, 5) is 13.0. The van der Waals surface area contributed by atoms with E-state index in [0.29, 0.717) is 0 Å². The molecule has 0 amide bonds. The smallest absolute Gasteiger partial charge is 0.181 e. The van der Waals surface area contributed by atoms with Crippen LogP contribution in [0.25, 0.3) is 0 Å². The maximum absolute atomic E-state index is 10.2. The molecule has 0 atom stereocenters. The molecule has 1 aromatic rings. The van der Waals surface area contributed by atoms with Gasteiger partial charge in [-0.2, -0.15) is 0 Å². The molecule has 0 aliphatic carbocycles. The van der Waals surface area contributed by atoms with Gasteiger partial charge in [-0.15, -0.1) is 24.8 Å². The first-order valence-electron chi connectivity index (χ1n) is 2.03. The number of H-pyrrole nitrogens is 1. The third-order valence-electron chi connectivity index (χ3n) is 0.688. The van der Waals surface area contributed by atoms with E-state index in [1.807, 2.05) is 0 Å². The zero-order chi connectivity index (χ0) is 5.11. The predicted molar refractivity (Wildman–Crippen MR) is 41.6 cm³/mol. The highest BCUT2D eigenvalue weighted by Gasteiger charge is 1.70. The van der Waals surface area contributed by atoms with Gasteiger partial charge >= 0.3 is 0 Å². The molecule has 4 heteroatoms. The average molecular weight is 168 g/mol. The molecule has 9 heavy (non-hydrogen) atoms. The predicted octanol–water partition coefficient (Wildman–Crippen LogP) is 1.22. The van der Waals surface area contributed by atoms with Gasteiger partial charge in [0.25, 0.3) is 0 Å². The molecule has 0 bridgehead atoms. The minimum atomic E-state index is 0. The second kappa shape index (κ2) is 5.66. The lowest BCUT2D eigenvalue weighted by molar-refractivity contribution is 1.31. The number of pyridine rings is 1. The van der Waals surface area contributed by atoms with E-state index < -0.39 is 0 Å². The minimum Gasteiger partial charge on any atom is -0.367 e. The zero-order valence-corrected chi connectivity index (χ0v) is 6.17. The molecule has 0 spiro atoms. The lowest BCUT2D eigenvalue weighted by Crippen LogP contribution is -1.92. The summed E-state index contributed by atoms with van der Waals surface area (Å²) < 4.78 is 0. The summed E-state index contributed by atoms with van der Waals surface area (Å²) in [6.07, 6.45) is 3.20. The van der Waals surface area contributed by atoms with Crippen LogP contribution in [0.4, 0.5) is 0 Å². The normalized spacial score (nSPS) is 6.67. The number of hydrogen-bond donors (Lipinski definition) is 1. The largest absolute Gasteiger partial charge is 0.367 e. The molecule has 0 radical (unpaired) electrons. The molecule has 0 saturated heterocycles. The molecule has 2 nitrogen and oxygen atoms in total. The van der Waals surface area contributed by atoms with E-state index in [4.69, 9.17) is 0 Å². The van der Waals surface area contributed by atoms with Crippen LogP contribution < -0.4 is 5.43 Å². The highest BCUT2D eigenvalue weighted by Crippen LogP contribution is 1.64. The number of rotatable bonds is 0. The van der Waals surface area contributed by atoms with Gasteiger partial charge in [-0.05, 0) is 0 Å². The third kappa shape index (κ3) is 4.06. The summed E-state index contributed by atoms with van der Waals surface area (Å²) in [6, 6.07) is 2.94. The van der Waals surface area contributed by atoms with Crippen molar-refractivity contribution in [3.8, 4) is 0 Å². The van der Waals surface area contributed by atoms with Crippen molar-refractivity contribution in [3.63, 3.8) is 0 Å². The topological polar surface area (TPSA) is 32.9 Å². The molecule has 1 rings (SSSR count). The number of aromatic nitrogens is 1. The van der Waals surface area contributed by atoms with Gasteiger partial charge in [-0.1, -0.05) is 0 Å². The Balaban J connectivity index is 0. The molecule has 0 aromatic carbocycles.